The van der Waals surface area contributed by atoms with Crippen LogP contribution in [0.4, 0.5) is 14.9 Å². The number of rotatable bonds is 9. The Morgan fingerprint density at radius 2 is 1.82 bits per heavy atom. The monoisotopic (exact) mass is 458 g/mol. The summed E-state index contributed by atoms with van der Waals surface area (Å²) in [7, 11) is 0. The van der Waals surface area contributed by atoms with Crippen molar-refractivity contribution in [1.29, 1.82) is 0 Å². The molecular formula is C24H27FN2O6. The number of phenols is 1. The van der Waals surface area contributed by atoms with Crippen molar-refractivity contribution in [2.24, 2.45) is 5.41 Å². The topological polar surface area (TPSA) is 125 Å². The molecule has 0 radical (unpaired) electrons. The van der Waals surface area contributed by atoms with Crippen LogP contribution >= 0.6 is 0 Å². The van der Waals surface area contributed by atoms with Gasteiger partial charge in [0, 0.05) is 22.7 Å². The highest BCUT2D eigenvalue weighted by Crippen LogP contribution is 2.41. The van der Waals surface area contributed by atoms with Crippen LogP contribution in [0.1, 0.15) is 55.6 Å². The van der Waals surface area contributed by atoms with Crippen LogP contribution in [0.2, 0.25) is 0 Å². The van der Waals surface area contributed by atoms with Crippen LogP contribution in [0.3, 0.4) is 0 Å². The van der Waals surface area contributed by atoms with Gasteiger partial charge in [-0.25, -0.2) is 14.7 Å². The number of hydroxylamine groups is 1. The zero-order valence-electron chi connectivity index (χ0n) is 18.6. The summed E-state index contributed by atoms with van der Waals surface area (Å²) in [5.41, 5.74) is 2.04. The molecule has 0 aliphatic rings. The van der Waals surface area contributed by atoms with Crippen LogP contribution in [0.5, 0.6) is 5.75 Å². The Bertz CT molecular complexity index is 1030. The number of ether oxygens (including phenoxy) is 1. The van der Waals surface area contributed by atoms with Gasteiger partial charge in [0.05, 0.1) is 0 Å². The van der Waals surface area contributed by atoms with Crippen molar-refractivity contribution >= 4 is 23.5 Å². The first kappa shape index (κ1) is 25.5. The van der Waals surface area contributed by atoms with Gasteiger partial charge < -0.3 is 9.84 Å². The van der Waals surface area contributed by atoms with Gasteiger partial charge in [0.15, 0.2) is 17.3 Å². The Morgan fingerprint density at radius 1 is 1.15 bits per heavy atom. The van der Waals surface area contributed by atoms with E-state index in [4.69, 9.17) is 9.94 Å². The van der Waals surface area contributed by atoms with E-state index in [1.807, 2.05) is 13.8 Å². The van der Waals surface area contributed by atoms with E-state index in [-0.39, 0.29) is 5.78 Å². The van der Waals surface area contributed by atoms with E-state index in [1.54, 1.807) is 30.3 Å². The van der Waals surface area contributed by atoms with Gasteiger partial charge in [-0.1, -0.05) is 26.0 Å². The normalized spacial score (nSPS) is 12.3. The lowest BCUT2D eigenvalue weighted by Crippen LogP contribution is -2.29. The Balaban J connectivity index is 2.21. The van der Waals surface area contributed by atoms with E-state index >= 15 is 0 Å². The molecule has 8 nitrogen and oxygen atoms in total. The van der Waals surface area contributed by atoms with Gasteiger partial charge in [0.2, 0.25) is 0 Å². The van der Waals surface area contributed by atoms with E-state index in [0.29, 0.717) is 29.7 Å². The lowest BCUT2D eigenvalue weighted by atomic mass is 9.78. The van der Waals surface area contributed by atoms with Gasteiger partial charge in [0.1, 0.15) is 6.10 Å². The minimum Gasteiger partial charge on any atom is -0.505 e. The highest BCUT2D eigenvalue weighted by molar-refractivity contribution is 5.95. The molecule has 0 aliphatic carbocycles. The summed E-state index contributed by atoms with van der Waals surface area (Å²) in [4.78, 5) is 35.2. The minimum atomic E-state index is -0.899. The first-order valence-electron chi connectivity index (χ1n) is 10.2. The van der Waals surface area contributed by atoms with Crippen LogP contribution in [0, 0.1) is 11.2 Å². The summed E-state index contributed by atoms with van der Waals surface area (Å²) in [6.45, 7) is 5.07. The zero-order valence-corrected chi connectivity index (χ0v) is 18.6. The maximum Gasteiger partial charge on any atom is 0.412 e. The Labute approximate surface area is 191 Å². The third-order valence-corrected chi connectivity index (χ3v) is 5.08. The molecule has 0 saturated carbocycles. The number of halogens is 1. The molecular weight excluding hydrogens is 431 g/mol. The quantitative estimate of drug-likeness (QED) is 0.183. The number of carbonyl (C=O) groups is 3. The molecule has 2 aromatic rings. The SMILES string of the molecule is CC(=O)c1ccc(NC(=O)O[C@H](c2ccc(O)c(F)c2)C(C)(C)CC/C=C/C(=O)NO)cc1. The molecule has 9 heteroatoms. The molecule has 176 valence electrons. The number of amides is 2. The number of hydrogen-bond acceptors (Lipinski definition) is 6. The van der Waals surface area contributed by atoms with Crippen LogP contribution in [-0.4, -0.2) is 28.1 Å². The van der Waals surface area contributed by atoms with Gasteiger partial charge in [-0.2, -0.15) is 0 Å². The molecule has 33 heavy (non-hydrogen) atoms. The summed E-state index contributed by atoms with van der Waals surface area (Å²) in [6, 6.07) is 10.0. The molecule has 1 atom stereocenters. The number of ketones is 1. The predicted molar refractivity (Wildman–Crippen MR) is 119 cm³/mol. The number of phenolic OH excluding ortho intramolecular Hbond substituents is 1. The van der Waals surface area contributed by atoms with E-state index in [2.05, 4.69) is 5.32 Å². The van der Waals surface area contributed by atoms with Crippen LogP contribution in [0.25, 0.3) is 0 Å². The van der Waals surface area contributed by atoms with Crippen molar-refractivity contribution in [2.75, 3.05) is 5.32 Å². The number of allylic oxidation sites excluding steroid dienone is 1. The number of hydrogen-bond donors (Lipinski definition) is 4. The third kappa shape index (κ3) is 7.43. The standard InChI is InChI=1S/C24H27FN2O6/c1-15(28)16-7-10-18(11-8-16)26-23(31)33-22(17-9-12-20(29)19(25)14-17)24(2,3)13-5-4-6-21(30)27-32/h4,6-12,14,22,29,32H,5,13H2,1-3H3,(H,26,31)(H,27,30)/b6-4+/t22-/m1/s1. The molecule has 0 aliphatic heterocycles. The second-order valence-electron chi connectivity index (χ2n) is 8.16. The lowest BCUT2D eigenvalue weighted by molar-refractivity contribution is -0.124. The second kappa shape index (κ2) is 11.2. The van der Waals surface area contributed by atoms with E-state index < -0.39 is 35.1 Å². The average molecular weight is 458 g/mol. The minimum absolute atomic E-state index is 0.106. The molecule has 0 heterocycles. The van der Waals surface area contributed by atoms with Gasteiger partial charge in [0.25, 0.3) is 5.91 Å². The fourth-order valence-electron chi connectivity index (χ4n) is 3.22. The summed E-state index contributed by atoms with van der Waals surface area (Å²) in [5, 5.41) is 20.7. The van der Waals surface area contributed by atoms with Gasteiger partial charge in [-0.05, 0) is 61.7 Å². The number of benzene rings is 2. The molecule has 0 spiro atoms. The number of carbonyl (C=O) groups excluding carboxylic acids is 3. The van der Waals surface area contributed by atoms with Gasteiger partial charge in [-0.3, -0.25) is 20.1 Å². The first-order chi connectivity index (χ1) is 15.5. The third-order valence-electron chi connectivity index (χ3n) is 5.08. The van der Waals surface area contributed by atoms with Crippen molar-refractivity contribution in [3.05, 3.63) is 71.6 Å². The lowest BCUT2D eigenvalue weighted by Gasteiger charge is -2.34. The summed E-state index contributed by atoms with van der Waals surface area (Å²) in [5.74, 6) is -2.15. The summed E-state index contributed by atoms with van der Waals surface area (Å²) in [6.07, 6.45) is 1.89. The maximum absolute atomic E-state index is 14.0. The van der Waals surface area contributed by atoms with Crippen molar-refractivity contribution in [2.45, 2.75) is 39.7 Å². The van der Waals surface area contributed by atoms with E-state index in [0.717, 1.165) is 6.07 Å². The number of nitrogens with one attached hydrogen (secondary N) is 2. The van der Waals surface area contributed by atoms with Crippen molar-refractivity contribution in [3.63, 3.8) is 0 Å². The molecule has 0 fully saturated rings. The summed E-state index contributed by atoms with van der Waals surface area (Å²) >= 11 is 0. The molecule has 2 rings (SSSR count). The van der Waals surface area contributed by atoms with Gasteiger partial charge >= 0.3 is 6.09 Å². The fraction of sp³-hybridized carbons (Fsp3) is 0.292. The predicted octanol–water partition coefficient (Wildman–Crippen LogP) is 4.89. The Kier molecular flexibility index (Phi) is 8.70. The van der Waals surface area contributed by atoms with Gasteiger partial charge in [-0.15, -0.1) is 0 Å². The van der Waals surface area contributed by atoms with Crippen molar-refractivity contribution in [1.82, 2.24) is 5.48 Å². The fourth-order valence-corrected chi connectivity index (χ4v) is 3.22. The van der Waals surface area contributed by atoms with Crippen LogP contribution in [0.15, 0.2) is 54.6 Å². The molecule has 2 aromatic carbocycles. The molecule has 0 unspecified atom stereocenters. The molecule has 4 N–H and O–H groups in total. The molecule has 2 amide bonds. The molecule has 0 saturated heterocycles. The summed E-state index contributed by atoms with van der Waals surface area (Å²) < 4.78 is 19.7. The van der Waals surface area contributed by atoms with E-state index in [1.165, 1.54) is 30.6 Å². The molecule has 0 aromatic heterocycles. The first-order valence-corrected chi connectivity index (χ1v) is 10.2. The van der Waals surface area contributed by atoms with Crippen LogP contribution in [-0.2, 0) is 9.53 Å². The zero-order chi connectivity index (χ0) is 24.6. The highest BCUT2D eigenvalue weighted by Gasteiger charge is 2.34. The highest BCUT2D eigenvalue weighted by atomic mass is 19.1. The van der Waals surface area contributed by atoms with Crippen LogP contribution < -0.4 is 10.8 Å². The average Bonchev–Trinajstić information content (AvgIpc) is 2.77. The Hall–Kier alpha value is -3.72. The number of aromatic hydroxyl groups is 1. The van der Waals surface area contributed by atoms with E-state index in [9.17, 15) is 23.9 Å². The largest absolute Gasteiger partial charge is 0.505 e. The molecule has 0 bridgehead atoms. The van der Waals surface area contributed by atoms with Crippen molar-refractivity contribution < 1.29 is 33.8 Å². The number of Topliss-reactive ketones (excluding diaryl/α,β-unsaturated/α-hetero) is 1. The number of anilines is 1. The Morgan fingerprint density at radius 3 is 2.39 bits per heavy atom. The second-order valence-corrected chi connectivity index (χ2v) is 8.16. The van der Waals surface area contributed by atoms with Crippen molar-refractivity contribution in [3.8, 4) is 5.75 Å². The maximum atomic E-state index is 14.0. The smallest absolute Gasteiger partial charge is 0.412 e.